The minimum absolute atomic E-state index is 0.0140. The third kappa shape index (κ3) is 4.45. The van der Waals surface area contributed by atoms with Crippen molar-refractivity contribution >= 4 is 23.8 Å². The van der Waals surface area contributed by atoms with E-state index in [4.69, 9.17) is 0 Å². The third-order valence-electron chi connectivity index (χ3n) is 5.01. The van der Waals surface area contributed by atoms with E-state index in [-0.39, 0.29) is 11.8 Å². The second-order valence-electron chi connectivity index (χ2n) is 6.68. The lowest BCUT2D eigenvalue weighted by Gasteiger charge is -2.36. The number of anilines is 1. The number of carbonyl (C=O) groups excluding carboxylic acids is 3. The summed E-state index contributed by atoms with van der Waals surface area (Å²) in [5.41, 5.74) is 1.85. The smallest absolute Gasteiger partial charge is 0.229 e. The minimum Gasteiger partial charge on any atom is -0.369 e. The largest absolute Gasteiger partial charge is 0.369 e. The molecule has 1 aromatic rings. The van der Waals surface area contributed by atoms with Crippen LogP contribution in [0, 0.1) is 0 Å². The Morgan fingerprint density at radius 2 is 1.52 bits per heavy atom. The molecule has 0 spiro atoms. The lowest BCUT2D eigenvalue weighted by Crippen LogP contribution is -2.47. The van der Waals surface area contributed by atoms with E-state index in [1.54, 1.807) is 0 Å². The van der Waals surface area contributed by atoms with Gasteiger partial charge in [-0.2, -0.15) is 0 Å². The standard InChI is InChI=1S/C19H25N3O3/c23-15-16-5-7-17(8-6-16)21-13-11-20(12-14-21)9-2-10-22-18(24)3-1-4-19(22)25/h5-8,15H,1-4,9-14H2. The van der Waals surface area contributed by atoms with Crippen molar-refractivity contribution in [2.45, 2.75) is 25.7 Å². The van der Waals surface area contributed by atoms with E-state index in [0.717, 1.165) is 51.1 Å². The zero-order chi connectivity index (χ0) is 17.6. The Balaban J connectivity index is 1.41. The molecule has 6 heteroatoms. The molecule has 3 rings (SSSR count). The van der Waals surface area contributed by atoms with E-state index in [2.05, 4.69) is 9.80 Å². The number of nitrogens with zero attached hydrogens (tertiary/aromatic N) is 3. The molecule has 0 unspecified atom stereocenters. The third-order valence-corrected chi connectivity index (χ3v) is 5.01. The van der Waals surface area contributed by atoms with Gasteiger partial charge in [0.15, 0.2) is 0 Å². The van der Waals surface area contributed by atoms with E-state index >= 15 is 0 Å². The average molecular weight is 343 g/mol. The van der Waals surface area contributed by atoms with Crippen molar-refractivity contribution in [3.05, 3.63) is 29.8 Å². The number of piperidine rings is 1. The first-order valence-corrected chi connectivity index (χ1v) is 9.03. The van der Waals surface area contributed by atoms with Crippen LogP contribution in [0.4, 0.5) is 5.69 Å². The van der Waals surface area contributed by atoms with Crippen molar-refractivity contribution in [1.29, 1.82) is 0 Å². The normalized spacial score (nSPS) is 19.4. The van der Waals surface area contributed by atoms with E-state index in [1.807, 2.05) is 24.3 Å². The van der Waals surface area contributed by atoms with Crippen LogP contribution in [-0.4, -0.2) is 67.2 Å². The molecule has 134 valence electrons. The molecule has 2 amide bonds. The number of rotatable bonds is 6. The predicted octanol–water partition coefficient (Wildman–Crippen LogP) is 1.55. The maximum Gasteiger partial charge on any atom is 0.229 e. The molecule has 0 atom stereocenters. The van der Waals surface area contributed by atoms with Crippen molar-refractivity contribution in [3.8, 4) is 0 Å². The van der Waals surface area contributed by atoms with Gasteiger partial charge in [0.25, 0.3) is 0 Å². The Bertz CT molecular complexity index is 605. The molecule has 2 heterocycles. The Morgan fingerprint density at radius 1 is 0.880 bits per heavy atom. The molecule has 1 aromatic carbocycles. The van der Waals surface area contributed by atoms with E-state index < -0.39 is 0 Å². The summed E-state index contributed by atoms with van der Waals surface area (Å²) in [5.74, 6) is -0.0281. The Labute approximate surface area is 148 Å². The van der Waals surface area contributed by atoms with Gasteiger partial charge in [-0.3, -0.25) is 24.2 Å². The van der Waals surface area contributed by atoms with Gasteiger partial charge in [0.2, 0.25) is 11.8 Å². The molecule has 0 saturated carbocycles. The molecule has 2 fully saturated rings. The van der Waals surface area contributed by atoms with Crippen LogP contribution in [0.15, 0.2) is 24.3 Å². The van der Waals surface area contributed by atoms with Crippen LogP contribution in [0.2, 0.25) is 0 Å². The predicted molar refractivity (Wildman–Crippen MR) is 95.7 cm³/mol. The molecule has 0 aromatic heterocycles. The quantitative estimate of drug-likeness (QED) is 0.579. The SMILES string of the molecule is O=Cc1ccc(N2CCN(CCCN3C(=O)CCCC3=O)CC2)cc1. The fourth-order valence-corrected chi connectivity index (χ4v) is 3.50. The number of piperazine rings is 1. The first kappa shape index (κ1) is 17.6. The van der Waals surface area contributed by atoms with Gasteiger partial charge in [-0.1, -0.05) is 0 Å². The number of benzene rings is 1. The van der Waals surface area contributed by atoms with E-state index in [1.165, 1.54) is 4.90 Å². The zero-order valence-electron chi connectivity index (χ0n) is 14.5. The summed E-state index contributed by atoms with van der Waals surface area (Å²) >= 11 is 0. The molecule has 0 aliphatic carbocycles. The van der Waals surface area contributed by atoms with Crippen molar-refractivity contribution in [2.75, 3.05) is 44.2 Å². The summed E-state index contributed by atoms with van der Waals surface area (Å²) in [5, 5.41) is 0. The summed E-state index contributed by atoms with van der Waals surface area (Å²) in [4.78, 5) is 40.5. The van der Waals surface area contributed by atoms with E-state index in [0.29, 0.717) is 31.4 Å². The molecule has 2 aliphatic heterocycles. The second kappa shape index (κ2) is 8.25. The van der Waals surface area contributed by atoms with Crippen LogP contribution in [0.25, 0.3) is 0 Å². The van der Waals surface area contributed by atoms with Gasteiger partial charge >= 0.3 is 0 Å². The topological polar surface area (TPSA) is 60.9 Å². The van der Waals surface area contributed by atoms with Crippen LogP contribution in [0.3, 0.4) is 0 Å². The van der Waals surface area contributed by atoms with Gasteiger partial charge in [0.05, 0.1) is 0 Å². The van der Waals surface area contributed by atoms with Crippen LogP contribution in [0.5, 0.6) is 0 Å². The second-order valence-corrected chi connectivity index (χ2v) is 6.68. The van der Waals surface area contributed by atoms with Crippen molar-refractivity contribution in [1.82, 2.24) is 9.80 Å². The number of likely N-dealkylation sites (tertiary alicyclic amines) is 1. The lowest BCUT2D eigenvalue weighted by molar-refractivity contribution is -0.148. The van der Waals surface area contributed by atoms with Gasteiger partial charge < -0.3 is 4.90 Å². The highest BCUT2D eigenvalue weighted by Crippen LogP contribution is 2.17. The summed E-state index contributed by atoms with van der Waals surface area (Å²) in [6.07, 6.45) is 3.41. The Kier molecular flexibility index (Phi) is 5.81. The number of hydrogen-bond acceptors (Lipinski definition) is 5. The first-order valence-electron chi connectivity index (χ1n) is 9.03. The van der Waals surface area contributed by atoms with Crippen LogP contribution in [-0.2, 0) is 9.59 Å². The lowest BCUT2D eigenvalue weighted by atomic mass is 10.1. The molecular weight excluding hydrogens is 318 g/mol. The van der Waals surface area contributed by atoms with Crippen LogP contribution in [0.1, 0.15) is 36.0 Å². The van der Waals surface area contributed by atoms with Crippen molar-refractivity contribution < 1.29 is 14.4 Å². The van der Waals surface area contributed by atoms with E-state index in [9.17, 15) is 14.4 Å². The molecule has 0 radical (unpaired) electrons. The van der Waals surface area contributed by atoms with Gasteiger partial charge in [-0.25, -0.2) is 0 Å². The Hall–Kier alpha value is -2.21. The van der Waals surface area contributed by atoms with Crippen molar-refractivity contribution in [3.63, 3.8) is 0 Å². The summed E-state index contributed by atoms with van der Waals surface area (Å²) in [6.45, 7) is 5.29. The summed E-state index contributed by atoms with van der Waals surface area (Å²) in [7, 11) is 0. The number of amides is 2. The molecule has 25 heavy (non-hydrogen) atoms. The number of imide groups is 1. The molecular formula is C19H25N3O3. The number of hydrogen-bond donors (Lipinski definition) is 0. The van der Waals surface area contributed by atoms with Gasteiger partial charge in [-0.05, 0) is 43.7 Å². The maximum atomic E-state index is 11.8. The first-order chi connectivity index (χ1) is 12.2. The molecule has 2 aliphatic rings. The highest BCUT2D eigenvalue weighted by Gasteiger charge is 2.25. The molecule has 2 saturated heterocycles. The summed E-state index contributed by atoms with van der Waals surface area (Å²) < 4.78 is 0. The monoisotopic (exact) mass is 343 g/mol. The van der Waals surface area contributed by atoms with Gasteiger partial charge in [-0.15, -0.1) is 0 Å². The average Bonchev–Trinajstić information content (AvgIpc) is 2.65. The number of carbonyl (C=O) groups is 3. The fourth-order valence-electron chi connectivity index (χ4n) is 3.50. The highest BCUT2D eigenvalue weighted by molar-refractivity contribution is 5.97. The van der Waals surface area contributed by atoms with Crippen LogP contribution < -0.4 is 4.90 Å². The number of aldehydes is 1. The fraction of sp³-hybridized carbons (Fsp3) is 0.526. The summed E-state index contributed by atoms with van der Waals surface area (Å²) in [6, 6.07) is 7.68. The molecule has 0 bridgehead atoms. The van der Waals surface area contributed by atoms with Gasteiger partial charge in [0.1, 0.15) is 6.29 Å². The van der Waals surface area contributed by atoms with Crippen LogP contribution >= 0.6 is 0 Å². The molecule has 0 N–H and O–H groups in total. The maximum absolute atomic E-state index is 11.8. The minimum atomic E-state index is -0.0140. The molecule has 6 nitrogen and oxygen atoms in total. The van der Waals surface area contributed by atoms with Gasteiger partial charge in [0, 0.05) is 56.8 Å². The zero-order valence-corrected chi connectivity index (χ0v) is 14.5. The highest BCUT2D eigenvalue weighted by atomic mass is 16.2. The van der Waals surface area contributed by atoms with Crippen molar-refractivity contribution in [2.24, 2.45) is 0 Å². The Morgan fingerprint density at radius 3 is 2.12 bits per heavy atom.